The second kappa shape index (κ2) is 4.31. The molecular formula is C12H12O3S. The Morgan fingerprint density at radius 1 is 1.44 bits per heavy atom. The van der Waals surface area contributed by atoms with Crippen LogP contribution in [-0.4, -0.2) is 14.5 Å². The molecule has 0 heterocycles. The molecule has 0 aliphatic heterocycles. The van der Waals surface area contributed by atoms with E-state index in [0.29, 0.717) is 11.3 Å². The fourth-order valence-electron chi connectivity index (χ4n) is 1.92. The van der Waals surface area contributed by atoms with Crippen LogP contribution in [0, 0.1) is 6.92 Å². The number of carbonyl (C=O) groups is 1. The summed E-state index contributed by atoms with van der Waals surface area (Å²) >= 11 is -1.97. The van der Waals surface area contributed by atoms with E-state index in [1.54, 1.807) is 18.2 Å². The molecule has 0 saturated heterocycles. The van der Waals surface area contributed by atoms with E-state index in [9.17, 15) is 9.00 Å². The van der Waals surface area contributed by atoms with Gasteiger partial charge in [0.1, 0.15) is 0 Å². The van der Waals surface area contributed by atoms with Gasteiger partial charge in [0, 0.05) is 12.3 Å². The zero-order valence-electron chi connectivity index (χ0n) is 8.84. The molecule has 1 N–H and O–H groups in total. The maximum atomic E-state index is 11.2. The van der Waals surface area contributed by atoms with Crippen LogP contribution in [0.1, 0.15) is 23.5 Å². The van der Waals surface area contributed by atoms with Crippen LogP contribution in [0.25, 0.3) is 0 Å². The smallest absolute Gasteiger partial charge is 0.186 e. The van der Waals surface area contributed by atoms with Crippen LogP contribution in [-0.2, 0) is 15.9 Å². The second-order valence-corrected chi connectivity index (χ2v) is 4.87. The van der Waals surface area contributed by atoms with E-state index in [2.05, 4.69) is 0 Å². The quantitative estimate of drug-likeness (QED) is 0.801. The Morgan fingerprint density at radius 2 is 2.19 bits per heavy atom. The van der Waals surface area contributed by atoms with Gasteiger partial charge in [-0.25, -0.2) is 4.21 Å². The molecule has 0 radical (unpaired) electrons. The minimum atomic E-state index is -1.97. The van der Waals surface area contributed by atoms with Gasteiger partial charge in [-0.2, -0.15) is 0 Å². The Morgan fingerprint density at radius 3 is 2.75 bits per heavy atom. The highest BCUT2D eigenvalue weighted by Gasteiger charge is 2.20. The first-order chi connectivity index (χ1) is 7.58. The van der Waals surface area contributed by atoms with Crippen molar-refractivity contribution in [1.82, 2.24) is 0 Å². The summed E-state index contributed by atoms with van der Waals surface area (Å²) in [6, 6.07) is 5.16. The Balaban J connectivity index is 2.40. The third-order valence-electron chi connectivity index (χ3n) is 2.79. The van der Waals surface area contributed by atoms with E-state index in [4.69, 9.17) is 4.55 Å². The summed E-state index contributed by atoms with van der Waals surface area (Å²) in [6.07, 6.45) is 3.89. The summed E-state index contributed by atoms with van der Waals surface area (Å²) in [5, 5.41) is 0. The number of aryl methyl sites for hydroxylation is 1. The molecule has 1 aliphatic rings. The van der Waals surface area contributed by atoms with Crippen molar-refractivity contribution in [3.63, 3.8) is 0 Å². The first kappa shape index (κ1) is 11.2. The zero-order chi connectivity index (χ0) is 11.7. The molecule has 0 amide bonds. The maximum Gasteiger partial charge on any atom is 0.186 e. The van der Waals surface area contributed by atoms with Crippen LogP contribution in [0.2, 0.25) is 0 Å². The molecule has 0 bridgehead atoms. The summed E-state index contributed by atoms with van der Waals surface area (Å²) in [4.78, 5) is 11.5. The number of hydrogen-bond donors (Lipinski definition) is 1. The van der Waals surface area contributed by atoms with E-state index < -0.39 is 11.1 Å². The minimum Gasteiger partial charge on any atom is -0.302 e. The molecule has 0 saturated carbocycles. The molecule has 0 fully saturated rings. The first-order valence-electron chi connectivity index (χ1n) is 5.00. The lowest BCUT2D eigenvalue weighted by Gasteiger charge is -2.11. The van der Waals surface area contributed by atoms with Gasteiger partial charge >= 0.3 is 0 Å². The van der Waals surface area contributed by atoms with Gasteiger partial charge < -0.3 is 4.55 Å². The highest BCUT2D eigenvalue weighted by molar-refractivity contribution is 7.79. The van der Waals surface area contributed by atoms with E-state index in [1.807, 2.05) is 19.1 Å². The van der Waals surface area contributed by atoms with E-state index in [1.165, 1.54) is 0 Å². The molecule has 1 aromatic rings. The SMILES string of the molecule is Cc1ccc(S(=O)O)cc1C1C=CC(=O)C1. The van der Waals surface area contributed by atoms with E-state index in [0.717, 1.165) is 11.1 Å². The fourth-order valence-corrected chi connectivity index (χ4v) is 2.33. The molecule has 1 aromatic carbocycles. The van der Waals surface area contributed by atoms with Gasteiger partial charge in [-0.15, -0.1) is 0 Å². The van der Waals surface area contributed by atoms with Gasteiger partial charge in [0.05, 0.1) is 4.90 Å². The fraction of sp³-hybridized carbons (Fsp3) is 0.250. The van der Waals surface area contributed by atoms with Crippen molar-refractivity contribution in [2.45, 2.75) is 24.2 Å². The van der Waals surface area contributed by atoms with Crippen molar-refractivity contribution < 1.29 is 13.6 Å². The highest BCUT2D eigenvalue weighted by Crippen LogP contribution is 2.30. The Bertz CT molecular complexity index is 491. The van der Waals surface area contributed by atoms with Gasteiger partial charge in [-0.3, -0.25) is 4.79 Å². The van der Waals surface area contributed by atoms with Crippen LogP contribution in [0.4, 0.5) is 0 Å². The predicted molar refractivity (Wildman–Crippen MR) is 61.7 cm³/mol. The Hall–Kier alpha value is -1.26. The largest absolute Gasteiger partial charge is 0.302 e. The van der Waals surface area contributed by atoms with Crippen LogP contribution in [0.15, 0.2) is 35.2 Å². The van der Waals surface area contributed by atoms with Crippen LogP contribution in [0.3, 0.4) is 0 Å². The van der Waals surface area contributed by atoms with Crippen molar-refractivity contribution in [2.24, 2.45) is 0 Å². The molecule has 84 valence electrons. The predicted octanol–water partition coefficient (Wildman–Crippen LogP) is 2.19. The van der Waals surface area contributed by atoms with Crippen molar-refractivity contribution in [1.29, 1.82) is 0 Å². The molecule has 0 spiro atoms. The van der Waals surface area contributed by atoms with Crippen LogP contribution >= 0.6 is 0 Å². The van der Waals surface area contributed by atoms with Gasteiger partial charge in [0.25, 0.3) is 0 Å². The molecule has 0 aromatic heterocycles. The molecular weight excluding hydrogens is 224 g/mol. The van der Waals surface area contributed by atoms with Gasteiger partial charge in [-0.1, -0.05) is 12.1 Å². The van der Waals surface area contributed by atoms with Crippen LogP contribution < -0.4 is 0 Å². The lowest BCUT2D eigenvalue weighted by molar-refractivity contribution is -0.114. The van der Waals surface area contributed by atoms with E-state index >= 15 is 0 Å². The summed E-state index contributed by atoms with van der Waals surface area (Å²) in [5.41, 5.74) is 2.00. The number of carbonyl (C=O) groups excluding carboxylic acids is 1. The average Bonchev–Trinajstić information content (AvgIpc) is 2.65. The van der Waals surface area contributed by atoms with Gasteiger partial charge in [0.2, 0.25) is 0 Å². The lowest BCUT2D eigenvalue weighted by atomic mass is 9.94. The number of ketones is 1. The van der Waals surface area contributed by atoms with Crippen LogP contribution in [0.5, 0.6) is 0 Å². The zero-order valence-corrected chi connectivity index (χ0v) is 9.66. The number of hydrogen-bond acceptors (Lipinski definition) is 2. The number of benzene rings is 1. The lowest BCUT2D eigenvalue weighted by Crippen LogP contribution is -2.00. The topological polar surface area (TPSA) is 54.4 Å². The van der Waals surface area contributed by atoms with Gasteiger partial charge in [-0.05, 0) is 36.3 Å². The molecule has 16 heavy (non-hydrogen) atoms. The molecule has 2 rings (SSSR count). The molecule has 3 nitrogen and oxygen atoms in total. The minimum absolute atomic E-state index is 0.0519. The summed E-state index contributed by atoms with van der Waals surface area (Å²) in [7, 11) is 0. The summed E-state index contributed by atoms with van der Waals surface area (Å²) in [5.74, 6) is 0.163. The van der Waals surface area contributed by atoms with Crippen molar-refractivity contribution in [3.05, 3.63) is 41.5 Å². The van der Waals surface area contributed by atoms with Crippen molar-refractivity contribution >= 4 is 16.9 Å². The first-order valence-corrected chi connectivity index (χ1v) is 6.11. The monoisotopic (exact) mass is 236 g/mol. The normalized spacial score (nSPS) is 21.4. The standard InChI is InChI=1S/C12H12O3S/c1-8-2-5-11(16(14)15)7-12(8)9-3-4-10(13)6-9/h2-5,7,9H,6H2,1H3,(H,14,15). The van der Waals surface area contributed by atoms with Crippen molar-refractivity contribution in [3.8, 4) is 0 Å². The Kier molecular flexibility index (Phi) is 3.03. The third-order valence-corrected chi connectivity index (χ3v) is 3.44. The van der Waals surface area contributed by atoms with E-state index in [-0.39, 0.29) is 11.7 Å². The number of allylic oxidation sites excluding steroid dienone is 2. The summed E-state index contributed by atoms with van der Waals surface area (Å²) in [6.45, 7) is 1.94. The van der Waals surface area contributed by atoms with Crippen molar-refractivity contribution in [2.75, 3.05) is 0 Å². The third kappa shape index (κ3) is 2.13. The maximum absolute atomic E-state index is 11.2. The molecule has 1 aliphatic carbocycles. The second-order valence-electron chi connectivity index (χ2n) is 3.90. The highest BCUT2D eigenvalue weighted by atomic mass is 32.2. The number of rotatable bonds is 2. The molecule has 4 heteroatoms. The summed E-state index contributed by atoms with van der Waals surface area (Å²) < 4.78 is 20.0. The average molecular weight is 236 g/mol. The molecule has 2 unspecified atom stereocenters. The van der Waals surface area contributed by atoms with Gasteiger partial charge in [0.15, 0.2) is 16.9 Å². The molecule has 2 atom stereocenters. The Labute approximate surface area is 96.5 Å².